The predicted octanol–water partition coefficient (Wildman–Crippen LogP) is 5.87. The third-order valence-corrected chi connectivity index (χ3v) is 5.54. The molecule has 0 saturated carbocycles. The summed E-state index contributed by atoms with van der Waals surface area (Å²) in [6.45, 7) is 4.60. The topological polar surface area (TPSA) is 0 Å². The monoisotopic (exact) mass is 400 g/mol. The van der Waals surface area contributed by atoms with Crippen LogP contribution in [0.2, 0.25) is 0 Å². The van der Waals surface area contributed by atoms with E-state index in [1.807, 2.05) is 11.3 Å². The molecule has 86 valence electrons. The van der Waals surface area contributed by atoms with E-state index in [4.69, 9.17) is 0 Å². The third-order valence-electron chi connectivity index (χ3n) is 2.82. The van der Waals surface area contributed by atoms with Gasteiger partial charge in [-0.05, 0) is 68.9 Å². The normalized spacial score (nSPS) is 13.1. The van der Waals surface area contributed by atoms with Crippen LogP contribution in [0.15, 0.2) is 9.85 Å². The highest BCUT2D eigenvalue weighted by molar-refractivity contribution is 14.1. The summed E-state index contributed by atoms with van der Waals surface area (Å²) in [5, 5.41) is 0. The first kappa shape index (κ1) is 14.0. The molecule has 15 heavy (non-hydrogen) atoms. The van der Waals surface area contributed by atoms with Gasteiger partial charge in [0, 0.05) is 0 Å². The Bertz CT molecular complexity index is 296. The zero-order valence-corrected chi connectivity index (χ0v) is 13.9. The quantitative estimate of drug-likeness (QED) is 0.523. The molecule has 0 nitrogen and oxygen atoms in total. The molecule has 1 aromatic rings. The number of rotatable bonds is 6. The molecule has 3 heteroatoms. The Hall–Kier alpha value is 0.910. The Kier molecular flexibility index (Phi) is 6.78. The lowest BCUT2D eigenvalue weighted by atomic mass is 9.94. The molecule has 1 atom stereocenters. The zero-order chi connectivity index (χ0) is 11.3. The first-order valence-electron chi connectivity index (χ1n) is 5.61. The van der Waals surface area contributed by atoms with Crippen LogP contribution in [0.25, 0.3) is 0 Å². The fourth-order valence-corrected chi connectivity index (χ4v) is 5.31. The molecule has 1 aromatic heterocycles. The van der Waals surface area contributed by atoms with E-state index in [9.17, 15) is 0 Å². The van der Waals surface area contributed by atoms with Crippen molar-refractivity contribution in [1.82, 2.24) is 0 Å². The fraction of sp³-hybridized carbons (Fsp3) is 0.667. The lowest BCUT2D eigenvalue weighted by molar-refractivity contribution is 0.432. The van der Waals surface area contributed by atoms with E-state index in [2.05, 4.69) is 58.4 Å². The van der Waals surface area contributed by atoms with Gasteiger partial charge < -0.3 is 0 Å². The predicted molar refractivity (Wildman–Crippen MR) is 81.7 cm³/mol. The van der Waals surface area contributed by atoms with Crippen molar-refractivity contribution < 1.29 is 0 Å². The maximum Gasteiger partial charge on any atom is 0.0741 e. The highest BCUT2D eigenvalue weighted by atomic mass is 127. The molecule has 1 unspecified atom stereocenters. The maximum absolute atomic E-state index is 3.64. The number of hydrogen-bond donors (Lipinski definition) is 0. The van der Waals surface area contributed by atoms with E-state index < -0.39 is 0 Å². The minimum absolute atomic E-state index is 0.916. The molecule has 1 rings (SSSR count). The van der Waals surface area contributed by atoms with Crippen LogP contribution in [0.3, 0.4) is 0 Å². The van der Waals surface area contributed by atoms with Gasteiger partial charge in [0.05, 0.1) is 6.67 Å². The van der Waals surface area contributed by atoms with E-state index in [1.165, 1.54) is 44.3 Å². The first-order chi connectivity index (χ1) is 7.17. The molecule has 1 heterocycles. The van der Waals surface area contributed by atoms with Gasteiger partial charge in [-0.15, -0.1) is 11.3 Å². The summed E-state index contributed by atoms with van der Waals surface area (Å²) in [6, 6.07) is 2.31. The molecule has 0 radical (unpaired) electrons. The summed E-state index contributed by atoms with van der Waals surface area (Å²) in [6.07, 6.45) is 6.61. The standard InChI is InChI=1S/C12H18BrIS/c1-3-5-9(4-2)6-7-10-8-11(14)15-12(10)13/h8-9H,3-7H2,1-2H3. The Morgan fingerprint density at radius 3 is 2.60 bits per heavy atom. The smallest absolute Gasteiger partial charge is 0.0741 e. The van der Waals surface area contributed by atoms with Crippen LogP contribution in [0.5, 0.6) is 0 Å². The van der Waals surface area contributed by atoms with Crippen molar-refractivity contribution in [1.29, 1.82) is 0 Å². The SMILES string of the molecule is CCCC(CC)CCc1cc(I)sc1Br. The van der Waals surface area contributed by atoms with E-state index in [0.29, 0.717) is 0 Å². The van der Waals surface area contributed by atoms with E-state index in [-0.39, 0.29) is 0 Å². The molecule has 0 aliphatic rings. The summed E-state index contributed by atoms with van der Waals surface area (Å²) >= 11 is 7.88. The lowest BCUT2D eigenvalue weighted by Crippen LogP contribution is -2.00. The Morgan fingerprint density at radius 1 is 1.40 bits per heavy atom. The average molecular weight is 401 g/mol. The van der Waals surface area contributed by atoms with Gasteiger partial charge in [-0.2, -0.15) is 0 Å². The van der Waals surface area contributed by atoms with Crippen molar-refractivity contribution in [3.8, 4) is 0 Å². The molecule has 0 N–H and O–H groups in total. The summed E-state index contributed by atoms with van der Waals surface area (Å²) in [5.74, 6) is 0.916. The summed E-state index contributed by atoms with van der Waals surface area (Å²) in [4.78, 5) is 0. The zero-order valence-electron chi connectivity index (χ0n) is 9.35. The Balaban J connectivity index is 2.44. The summed E-state index contributed by atoms with van der Waals surface area (Å²) < 4.78 is 2.72. The summed E-state index contributed by atoms with van der Waals surface area (Å²) in [7, 11) is 0. The van der Waals surface area contributed by atoms with Crippen molar-refractivity contribution >= 4 is 49.9 Å². The molecule has 0 aliphatic heterocycles. The second kappa shape index (κ2) is 7.28. The molecular formula is C12H18BrIS. The molecule has 0 fully saturated rings. The minimum atomic E-state index is 0.916. The van der Waals surface area contributed by atoms with Gasteiger partial charge in [0.15, 0.2) is 0 Å². The Morgan fingerprint density at radius 2 is 2.13 bits per heavy atom. The van der Waals surface area contributed by atoms with Crippen molar-refractivity contribution in [2.45, 2.75) is 46.0 Å². The second-order valence-electron chi connectivity index (χ2n) is 3.95. The van der Waals surface area contributed by atoms with E-state index >= 15 is 0 Å². The average Bonchev–Trinajstić information content (AvgIpc) is 2.52. The lowest BCUT2D eigenvalue weighted by Gasteiger charge is -2.12. The molecule has 0 bridgehead atoms. The second-order valence-corrected chi connectivity index (χ2v) is 8.22. The van der Waals surface area contributed by atoms with Crippen LogP contribution in [0.1, 0.15) is 45.1 Å². The molecule has 0 aliphatic carbocycles. The highest BCUT2D eigenvalue weighted by Gasteiger charge is 2.09. The van der Waals surface area contributed by atoms with Gasteiger partial charge in [-0.3, -0.25) is 0 Å². The van der Waals surface area contributed by atoms with Crippen molar-refractivity contribution in [2.24, 2.45) is 5.92 Å². The van der Waals surface area contributed by atoms with Crippen molar-refractivity contribution in [2.75, 3.05) is 0 Å². The van der Waals surface area contributed by atoms with Crippen LogP contribution in [0, 0.1) is 8.80 Å². The van der Waals surface area contributed by atoms with Crippen LogP contribution < -0.4 is 0 Å². The number of halogens is 2. The molecule has 0 spiro atoms. The summed E-state index contributed by atoms with van der Waals surface area (Å²) in [5.41, 5.74) is 1.50. The molecular weight excluding hydrogens is 383 g/mol. The molecule has 0 saturated heterocycles. The van der Waals surface area contributed by atoms with Gasteiger partial charge in [0.1, 0.15) is 0 Å². The highest BCUT2D eigenvalue weighted by Crippen LogP contribution is 2.31. The number of hydrogen-bond acceptors (Lipinski definition) is 1. The van der Waals surface area contributed by atoms with Crippen molar-refractivity contribution in [3.05, 3.63) is 18.3 Å². The van der Waals surface area contributed by atoms with Gasteiger partial charge >= 0.3 is 0 Å². The van der Waals surface area contributed by atoms with Crippen LogP contribution in [0.4, 0.5) is 0 Å². The third kappa shape index (κ3) is 4.73. The fourth-order valence-electron chi connectivity index (χ4n) is 1.87. The van der Waals surface area contributed by atoms with E-state index in [1.54, 1.807) is 0 Å². The van der Waals surface area contributed by atoms with Gasteiger partial charge in [0.2, 0.25) is 0 Å². The number of thiophene rings is 1. The minimum Gasteiger partial charge on any atom is -0.122 e. The molecule has 0 aromatic carbocycles. The van der Waals surface area contributed by atoms with Gasteiger partial charge in [-0.1, -0.05) is 33.1 Å². The Labute approximate surface area is 119 Å². The van der Waals surface area contributed by atoms with Gasteiger partial charge in [-0.25, -0.2) is 0 Å². The van der Waals surface area contributed by atoms with E-state index in [0.717, 1.165) is 5.92 Å². The maximum atomic E-state index is 3.64. The van der Waals surface area contributed by atoms with Crippen LogP contribution in [-0.4, -0.2) is 0 Å². The first-order valence-corrected chi connectivity index (χ1v) is 8.29. The molecule has 0 amide bonds. The van der Waals surface area contributed by atoms with Crippen molar-refractivity contribution in [3.63, 3.8) is 0 Å². The van der Waals surface area contributed by atoms with Gasteiger partial charge in [0.25, 0.3) is 0 Å². The van der Waals surface area contributed by atoms with Crippen LogP contribution >= 0.6 is 49.9 Å². The largest absolute Gasteiger partial charge is 0.122 e. The van der Waals surface area contributed by atoms with Crippen LogP contribution in [-0.2, 0) is 6.42 Å². The number of aryl methyl sites for hydroxylation is 1.